The van der Waals surface area contributed by atoms with Gasteiger partial charge in [0.1, 0.15) is 0 Å². The summed E-state index contributed by atoms with van der Waals surface area (Å²) in [6, 6.07) is 50.6. The third-order valence-electron chi connectivity index (χ3n) is 12.3. The highest BCUT2D eigenvalue weighted by Crippen LogP contribution is 2.42. The maximum absolute atomic E-state index is 10.7. The molecule has 62 heavy (non-hydrogen) atoms. The molecule has 0 unspecified atom stereocenters. The fraction of sp³-hybridized carbons (Fsp3) is 0.0714. The van der Waals surface area contributed by atoms with E-state index in [1.165, 1.54) is 11.1 Å². The molecule has 0 spiro atoms. The largest absolute Gasteiger partial charge is 0.392 e. The van der Waals surface area contributed by atoms with Crippen molar-refractivity contribution in [1.29, 1.82) is 0 Å². The molecule has 2 aliphatic heterocycles. The van der Waals surface area contributed by atoms with E-state index in [-0.39, 0.29) is 13.2 Å². The SMILES string of the molecule is Cc1ccc(-c2c3nc(c(-c4cccc5cccc(CO)c45)c4ccc([nH]4)c(-c4ccc(C)cc4)c4nc(c(-c5cccc6cccc(CO)c56)c5ccc2[nH]5)C=C4)C=C3)cc1. The molecule has 0 saturated heterocycles. The van der Waals surface area contributed by atoms with Crippen LogP contribution in [0.1, 0.15) is 45.0 Å². The second-order valence-electron chi connectivity index (χ2n) is 16.2. The smallest absolute Gasteiger partial charge is 0.0737 e. The quantitative estimate of drug-likeness (QED) is 0.135. The minimum atomic E-state index is -0.0900. The third-order valence-corrected chi connectivity index (χ3v) is 12.3. The van der Waals surface area contributed by atoms with Crippen LogP contribution < -0.4 is 0 Å². The Bertz CT molecular complexity index is 3250. The number of hydrogen-bond acceptors (Lipinski definition) is 4. The van der Waals surface area contributed by atoms with Gasteiger partial charge >= 0.3 is 0 Å². The van der Waals surface area contributed by atoms with Crippen molar-refractivity contribution in [3.8, 4) is 44.5 Å². The van der Waals surface area contributed by atoms with Gasteiger partial charge in [-0.05, 0) is 117 Å². The van der Waals surface area contributed by atoms with Crippen LogP contribution in [0.3, 0.4) is 0 Å². The molecule has 0 atom stereocenters. The van der Waals surface area contributed by atoms with Gasteiger partial charge in [-0.15, -0.1) is 0 Å². The summed E-state index contributed by atoms with van der Waals surface area (Å²) >= 11 is 0. The van der Waals surface area contributed by atoms with Crippen LogP contribution in [0.25, 0.3) is 112 Å². The van der Waals surface area contributed by atoms with Gasteiger partial charge in [0.2, 0.25) is 0 Å². The van der Waals surface area contributed by atoms with Gasteiger partial charge in [0, 0.05) is 44.3 Å². The summed E-state index contributed by atoms with van der Waals surface area (Å²) < 4.78 is 0. The molecule has 9 aromatic rings. The highest BCUT2D eigenvalue weighted by molar-refractivity contribution is 6.08. The fourth-order valence-electron chi connectivity index (χ4n) is 9.34. The van der Waals surface area contributed by atoms with Crippen LogP contribution in [0, 0.1) is 13.8 Å². The first-order valence-electron chi connectivity index (χ1n) is 21.0. The molecule has 298 valence electrons. The average Bonchev–Trinajstić information content (AvgIpc) is 4.15. The van der Waals surface area contributed by atoms with E-state index in [0.29, 0.717) is 0 Å². The summed E-state index contributed by atoms with van der Waals surface area (Å²) in [7, 11) is 0. The summed E-state index contributed by atoms with van der Waals surface area (Å²) in [5.41, 5.74) is 18.8. The molecule has 6 aromatic carbocycles. The van der Waals surface area contributed by atoms with Gasteiger partial charge in [0.25, 0.3) is 0 Å². The van der Waals surface area contributed by atoms with Crippen LogP contribution in [0.4, 0.5) is 0 Å². The van der Waals surface area contributed by atoms with E-state index in [1.54, 1.807) is 0 Å². The number of aliphatic hydroxyl groups excluding tert-OH is 2. The Morgan fingerprint density at radius 3 is 1.10 bits per heavy atom. The van der Waals surface area contributed by atoms with Crippen LogP contribution in [0.2, 0.25) is 0 Å². The van der Waals surface area contributed by atoms with Crippen molar-refractivity contribution < 1.29 is 10.2 Å². The number of aliphatic hydroxyl groups is 2. The van der Waals surface area contributed by atoms with Gasteiger partial charge in [-0.2, -0.15) is 0 Å². The number of rotatable bonds is 6. The zero-order valence-electron chi connectivity index (χ0n) is 34.4. The van der Waals surface area contributed by atoms with Gasteiger partial charge < -0.3 is 20.2 Å². The standard InChI is InChI=1S/C56H42N4O2/c1-33-15-19-37(20-16-33)53-43-23-27-47(57-43)55(41-13-5-9-35-7-3-11-39(31-61)51(35)41)49-29-25-45(59-49)54(38-21-17-34(2)18-22-38)46-26-30-50(60-46)56(48-28-24-44(53)58-48)42-14-6-10-36-8-4-12-40(32-62)52(36)42/h3-30,57,60-62H,31-32H2,1-2H3. The summed E-state index contributed by atoms with van der Waals surface area (Å²) in [6.07, 6.45) is 8.45. The normalized spacial score (nSPS) is 12.2. The maximum atomic E-state index is 10.7. The molecule has 4 N–H and O–H groups in total. The monoisotopic (exact) mass is 802 g/mol. The van der Waals surface area contributed by atoms with E-state index in [1.807, 2.05) is 24.3 Å². The molecule has 0 fully saturated rings. The Hall–Kier alpha value is -7.64. The molecule has 0 amide bonds. The van der Waals surface area contributed by atoms with Crippen molar-refractivity contribution in [2.45, 2.75) is 27.1 Å². The Labute approximate surface area is 358 Å². The predicted molar refractivity (Wildman–Crippen MR) is 257 cm³/mol. The molecular weight excluding hydrogens is 761 g/mol. The lowest BCUT2D eigenvalue weighted by Gasteiger charge is -2.12. The third kappa shape index (κ3) is 6.28. The predicted octanol–water partition coefficient (Wildman–Crippen LogP) is 13.2. The maximum Gasteiger partial charge on any atom is 0.0737 e. The van der Waals surface area contributed by atoms with Gasteiger partial charge in [-0.3, -0.25) is 0 Å². The van der Waals surface area contributed by atoms with E-state index in [2.05, 4.69) is 169 Å². The van der Waals surface area contributed by atoms with Gasteiger partial charge in [0.15, 0.2) is 0 Å². The van der Waals surface area contributed by atoms with Crippen molar-refractivity contribution in [2.24, 2.45) is 0 Å². The lowest BCUT2D eigenvalue weighted by atomic mass is 9.94. The minimum absolute atomic E-state index is 0.0900. The second-order valence-corrected chi connectivity index (χ2v) is 16.2. The van der Waals surface area contributed by atoms with E-state index >= 15 is 0 Å². The number of hydrogen-bond donors (Lipinski definition) is 4. The molecule has 6 heteroatoms. The van der Waals surface area contributed by atoms with E-state index in [4.69, 9.17) is 9.97 Å². The lowest BCUT2D eigenvalue weighted by molar-refractivity contribution is 0.283. The van der Waals surface area contributed by atoms with Gasteiger partial charge in [0.05, 0.1) is 36.0 Å². The van der Waals surface area contributed by atoms with Crippen LogP contribution in [-0.4, -0.2) is 30.1 Å². The van der Waals surface area contributed by atoms with Crippen LogP contribution in [0.15, 0.2) is 146 Å². The van der Waals surface area contributed by atoms with Crippen molar-refractivity contribution in [3.05, 3.63) is 191 Å². The van der Waals surface area contributed by atoms with Gasteiger partial charge in [-0.1, -0.05) is 132 Å². The number of H-pyrrole nitrogens is 2. The highest BCUT2D eigenvalue weighted by Gasteiger charge is 2.21. The molecule has 3 aromatic heterocycles. The molecule has 6 nitrogen and oxygen atoms in total. The summed E-state index contributed by atoms with van der Waals surface area (Å²) in [5.74, 6) is 0. The first kappa shape index (κ1) is 37.4. The van der Waals surface area contributed by atoms with Crippen molar-refractivity contribution >= 4 is 67.9 Å². The number of benzene rings is 6. The van der Waals surface area contributed by atoms with Crippen LogP contribution >= 0.6 is 0 Å². The van der Waals surface area contributed by atoms with E-state index in [0.717, 1.165) is 122 Å². The van der Waals surface area contributed by atoms with E-state index in [9.17, 15) is 10.2 Å². The summed E-state index contributed by atoms with van der Waals surface area (Å²) in [5, 5.41) is 25.4. The van der Waals surface area contributed by atoms with Crippen molar-refractivity contribution in [1.82, 2.24) is 19.9 Å². The zero-order valence-corrected chi connectivity index (χ0v) is 34.4. The lowest BCUT2D eigenvalue weighted by Crippen LogP contribution is -1.93. The zero-order chi connectivity index (χ0) is 41.9. The molecule has 8 bridgehead atoms. The van der Waals surface area contributed by atoms with Crippen molar-refractivity contribution in [2.75, 3.05) is 0 Å². The second kappa shape index (κ2) is 15.1. The van der Waals surface area contributed by atoms with Crippen LogP contribution in [-0.2, 0) is 13.2 Å². The van der Waals surface area contributed by atoms with Crippen molar-refractivity contribution in [3.63, 3.8) is 0 Å². The summed E-state index contributed by atoms with van der Waals surface area (Å²) in [4.78, 5) is 18.8. The molecule has 5 heterocycles. The highest BCUT2D eigenvalue weighted by atomic mass is 16.3. The number of nitrogens with zero attached hydrogens (tertiary/aromatic N) is 2. The number of aromatic amines is 2. The number of nitrogens with one attached hydrogen (secondary N) is 2. The molecule has 2 aliphatic rings. The molecular formula is C56H42N4O2. The summed E-state index contributed by atoms with van der Waals surface area (Å²) in [6.45, 7) is 4.02. The fourth-order valence-corrected chi connectivity index (χ4v) is 9.34. The molecule has 11 rings (SSSR count). The first-order chi connectivity index (χ1) is 30.4. The Morgan fingerprint density at radius 1 is 0.387 bits per heavy atom. The Kier molecular flexibility index (Phi) is 9.11. The molecule has 0 saturated carbocycles. The van der Waals surface area contributed by atoms with E-state index < -0.39 is 0 Å². The Morgan fingerprint density at radius 2 is 0.726 bits per heavy atom. The number of aromatic nitrogens is 4. The Balaban J connectivity index is 1.34. The van der Waals surface area contributed by atoms with Gasteiger partial charge in [-0.25, -0.2) is 9.97 Å². The molecule has 0 aliphatic carbocycles. The number of aryl methyl sites for hydroxylation is 2. The average molecular weight is 803 g/mol. The topological polar surface area (TPSA) is 97.8 Å². The minimum Gasteiger partial charge on any atom is -0.392 e. The number of fused-ring (bicyclic) bond motifs is 10. The molecule has 0 radical (unpaired) electrons. The first-order valence-corrected chi connectivity index (χ1v) is 21.0. The van der Waals surface area contributed by atoms with Crippen LogP contribution in [0.5, 0.6) is 0 Å².